The van der Waals surface area contributed by atoms with Crippen molar-refractivity contribution in [3.63, 3.8) is 0 Å². The second-order valence-corrected chi connectivity index (χ2v) is 3.50. The van der Waals surface area contributed by atoms with E-state index in [9.17, 15) is 0 Å². The standard InChI is InChI=1S/C12H18.H2N2O2/c1-3-5-11-7-9-12(6-4-2)10-8-11;3-1-2-4/h7-10H,3-6H2,1-2H3;(H,1,4)(H,2,3). The lowest BCUT2D eigenvalue weighted by atomic mass is 10.1. The molecule has 16 heavy (non-hydrogen) atoms. The van der Waals surface area contributed by atoms with Gasteiger partial charge in [-0.25, -0.2) is 0 Å². The van der Waals surface area contributed by atoms with Gasteiger partial charge in [0.2, 0.25) is 0 Å². The van der Waals surface area contributed by atoms with Gasteiger partial charge < -0.3 is 10.4 Å². The molecule has 90 valence electrons. The van der Waals surface area contributed by atoms with Gasteiger partial charge in [0.1, 0.15) is 0 Å². The predicted octanol–water partition coefficient (Wildman–Crippen LogP) is 3.81. The van der Waals surface area contributed by atoms with Crippen LogP contribution in [-0.2, 0) is 12.8 Å². The molecule has 0 heterocycles. The van der Waals surface area contributed by atoms with Gasteiger partial charge in [-0.05, 0) is 24.0 Å². The van der Waals surface area contributed by atoms with E-state index in [1.165, 1.54) is 36.8 Å². The maximum Gasteiger partial charge on any atom is 0.0606 e. The second kappa shape index (κ2) is 9.96. The second-order valence-electron chi connectivity index (χ2n) is 3.50. The van der Waals surface area contributed by atoms with E-state index < -0.39 is 0 Å². The zero-order valence-electron chi connectivity index (χ0n) is 9.93. The number of benzene rings is 1. The molecule has 4 heteroatoms. The first-order valence-corrected chi connectivity index (χ1v) is 5.54. The van der Waals surface area contributed by atoms with Crippen molar-refractivity contribution < 1.29 is 10.4 Å². The summed E-state index contributed by atoms with van der Waals surface area (Å²) in [5.41, 5.74) is 2.94. The van der Waals surface area contributed by atoms with E-state index in [0.717, 1.165) is 0 Å². The predicted molar refractivity (Wildman–Crippen MR) is 62.9 cm³/mol. The molecule has 0 saturated heterocycles. The Kier molecular flexibility index (Phi) is 8.97. The summed E-state index contributed by atoms with van der Waals surface area (Å²) >= 11 is 0. The Labute approximate surface area is 96.6 Å². The summed E-state index contributed by atoms with van der Waals surface area (Å²) in [6, 6.07) is 9.03. The first-order valence-electron chi connectivity index (χ1n) is 5.54. The molecule has 0 aliphatic heterocycles. The fourth-order valence-electron chi connectivity index (χ4n) is 1.45. The molecular weight excluding hydrogens is 204 g/mol. The minimum Gasteiger partial charge on any atom is -0.392 e. The van der Waals surface area contributed by atoms with Gasteiger partial charge in [-0.1, -0.05) is 51.0 Å². The van der Waals surface area contributed by atoms with Crippen LogP contribution in [0.3, 0.4) is 0 Å². The summed E-state index contributed by atoms with van der Waals surface area (Å²) in [5, 5.41) is 18.0. The van der Waals surface area contributed by atoms with E-state index in [2.05, 4.69) is 38.1 Å². The highest BCUT2D eigenvalue weighted by molar-refractivity contribution is 5.22. The third-order valence-electron chi connectivity index (χ3n) is 2.14. The normalized spacial score (nSPS) is 9.88. The van der Waals surface area contributed by atoms with Crippen molar-refractivity contribution in [2.45, 2.75) is 39.5 Å². The number of nitrogens with zero attached hydrogens (tertiary/aromatic N) is 2. The topological polar surface area (TPSA) is 65.2 Å². The highest BCUT2D eigenvalue weighted by atomic mass is 16.5. The van der Waals surface area contributed by atoms with E-state index in [1.54, 1.807) is 0 Å². The molecule has 0 radical (unpaired) electrons. The van der Waals surface area contributed by atoms with Gasteiger partial charge in [-0.3, -0.25) is 0 Å². The van der Waals surface area contributed by atoms with Crippen LogP contribution in [0, 0.1) is 0 Å². The van der Waals surface area contributed by atoms with Gasteiger partial charge in [0, 0.05) is 0 Å². The Morgan fingerprint density at radius 3 is 1.31 bits per heavy atom. The molecule has 0 fully saturated rings. The maximum atomic E-state index is 7.08. The van der Waals surface area contributed by atoms with Crippen molar-refractivity contribution >= 4 is 0 Å². The zero-order chi connectivity index (χ0) is 12.2. The van der Waals surface area contributed by atoms with Gasteiger partial charge in [-0.2, -0.15) is 0 Å². The molecule has 0 atom stereocenters. The molecule has 1 aromatic rings. The average molecular weight is 224 g/mol. The monoisotopic (exact) mass is 224 g/mol. The number of rotatable bonds is 4. The fourth-order valence-corrected chi connectivity index (χ4v) is 1.45. The van der Waals surface area contributed by atoms with Crippen molar-refractivity contribution in [3.8, 4) is 0 Å². The van der Waals surface area contributed by atoms with Gasteiger partial charge in [0.25, 0.3) is 0 Å². The first-order chi connectivity index (χ1) is 7.78. The van der Waals surface area contributed by atoms with Crippen LogP contribution < -0.4 is 0 Å². The van der Waals surface area contributed by atoms with Crippen molar-refractivity contribution in [3.05, 3.63) is 35.4 Å². The van der Waals surface area contributed by atoms with E-state index in [4.69, 9.17) is 10.4 Å². The maximum absolute atomic E-state index is 7.08. The summed E-state index contributed by atoms with van der Waals surface area (Å²) in [7, 11) is 0. The largest absolute Gasteiger partial charge is 0.392 e. The third-order valence-corrected chi connectivity index (χ3v) is 2.14. The molecule has 0 saturated carbocycles. The Morgan fingerprint density at radius 1 is 0.812 bits per heavy atom. The zero-order valence-corrected chi connectivity index (χ0v) is 9.93. The Morgan fingerprint density at radius 2 is 1.12 bits per heavy atom. The van der Waals surface area contributed by atoms with Gasteiger partial charge in [-0.15, -0.1) is 0 Å². The highest BCUT2D eigenvalue weighted by Crippen LogP contribution is 2.07. The van der Waals surface area contributed by atoms with Crippen LogP contribution >= 0.6 is 0 Å². The Balaban J connectivity index is 0.000000487. The van der Waals surface area contributed by atoms with Crippen LogP contribution in [0.15, 0.2) is 34.8 Å². The van der Waals surface area contributed by atoms with E-state index in [-0.39, 0.29) is 0 Å². The average Bonchev–Trinajstić information content (AvgIpc) is 2.33. The third kappa shape index (κ3) is 6.81. The number of hydrogen-bond acceptors (Lipinski definition) is 2. The van der Waals surface area contributed by atoms with E-state index in [0.29, 0.717) is 0 Å². The SMILES string of the molecule is CCCc1ccc(CCC)cc1.ON=NO. The molecular formula is C12H20N2O2. The van der Waals surface area contributed by atoms with Gasteiger partial charge >= 0.3 is 0 Å². The fraction of sp³-hybridized carbons (Fsp3) is 0.500. The van der Waals surface area contributed by atoms with Crippen LogP contribution in [-0.4, -0.2) is 10.4 Å². The molecule has 0 unspecified atom stereocenters. The summed E-state index contributed by atoms with van der Waals surface area (Å²) in [6.07, 6.45) is 4.92. The van der Waals surface area contributed by atoms with E-state index >= 15 is 0 Å². The molecule has 0 aliphatic rings. The molecule has 0 spiro atoms. The highest BCUT2D eigenvalue weighted by Gasteiger charge is 1.92. The lowest BCUT2D eigenvalue weighted by Gasteiger charge is -2.01. The summed E-state index contributed by atoms with van der Waals surface area (Å²) < 4.78 is 0. The van der Waals surface area contributed by atoms with Gasteiger partial charge in [0.15, 0.2) is 0 Å². The molecule has 0 amide bonds. The summed E-state index contributed by atoms with van der Waals surface area (Å²) in [6.45, 7) is 4.44. The number of hydrogen-bond donors (Lipinski definition) is 2. The molecule has 0 aliphatic carbocycles. The first kappa shape index (κ1) is 14.4. The van der Waals surface area contributed by atoms with Crippen LogP contribution in [0.5, 0.6) is 0 Å². The molecule has 0 bridgehead atoms. The van der Waals surface area contributed by atoms with Crippen LogP contribution in [0.25, 0.3) is 0 Å². The minimum atomic E-state index is 1.21. The van der Waals surface area contributed by atoms with Crippen molar-refractivity contribution in [2.24, 2.45) is 10.6 Å². The lowest BCUT2D eigenvalue weighted by Crippen LogP contribution is -1.85. The van der Waals surface area contributed by atoms with Crippen molar-refractivity contribution in [2.75, 3.05) is 0 Å². The van der Waals surface area contributed by atoms with Crippen molar-refractivity contribution in [1.82, 2.24) is 0 Å². The molecule has 0 aromatic heterocycles. The molecule has 4 nitrogen and oxygen atoms in total. The van der Waals surface area contributed by atoms with Crippen LogP contribution in [0.1, 0.15) is 37.8 Å². The summed E-state index contributed by atoms with van der Waals surface area (Å²) in [5.74, 6) is 0. The smallest absolute Gasteiger partial charge is 0.0606 e. The van der Waals surface area contributed by atoms with E-state index in [1.807, 2.05) is 10.6 Å². The molecule has 2 N–H and O–H groups in total. The number of aryl methyl sites for hydroxylation is 2. The Bertz CT molecular complexity index is 255. The minimum absolute atomic E-state index is 1.21. The molecule has 1 aromatic carbocycles. The quantitative estimate of drug-likeness (QED) is 0.603. The van der Waals surface area contributed by atoms with Gasteiger partial charge in [0.05, 0.1) is 10.6 Å². The van der Waals surface area contributed by atoms with Crippen molar-refractivity contribution in [1.29, 1.82) is 0 Å². The lowest BCUT2D eigenvalue weighted by molar-refractivity contribution is 0.177. The Hall–Kier alpha value is -1.58. The molecule has 1 rings (SSSR count). The summed E-state index contributed by atoms with van der Waals surface area (Å²) in [4.78, 5) is 0. The van der Waals surface area contributed by atoms with Crippen LogP contribution in [0.2, 0.25) is 0 Å². The van der Waals surface area contributed by atoms with Crippen LogP contribution in [0.4, 0.5) is 0 Å².